The number of amides is 2. The van der Waals surface area contributed by atoms with Crippen LogP contribution in [0.1, 0.15) is 44.7 Å². The van der Waals surface area contributed by atoms with Crippen LogP contribution < -0.4 is 14.8 Å². The molecule has 2 aliphatic heterocycles. The van der Waals surface area contributed by atoms with E-state index in [1.165, 1.54) is 18.2 Å². The van der Waals surface area contributed by atoms with Gasteiger partial charge in [-0.3, -0.25) is 4.79 Å². The van der Waals surface area contributed by atoms with Gasteiger partial charge >= 0.3 is 12.3 Å². The molecule has 0 saturated carbocycles. The van der Waals surface area contributed by atoms with Gasteiger partial charge in [0.2, 0.25) is 5.79 Å². The summed E-state index contributed by atoms with van der Waals surface area (Å²) in [6, 6.07) is 17.6. The number of hydrogen-bond donors (Lipinski definition) is 1. The van der Waals surface area contributed by atoms with Gasteiger partial charge in [-0.15, -0.1) is 0 Å². The number of fused-ring (bicyclic) bond motifs is 1. The Labute approximate surface area is 247 Å². The Kier molecular flexibility index (Phi) is 8.29. The van der Waals surface area contributed by atoms with E-state index in [4.69, 9.17) is 18.9 Å². The maximum Gasteiger partial charge on any atom is 0.418 e. The molecule has 11 heteroatoms. The average Bonchev–Trinajstić information content (AvgIpc) is 2.95. The van der Waals surface area contributed by atoms with E-state index >= 15 is 0 Å². The molecule has 0 atom stereocenters. The van der Waals surface area contributed by atoms with Crippen molar-refractivity contribution < 1.29 is 41.7 Å². The molecule has 0 aliphatic carbocycles. The summed E-state index contributed by atoms with van der Waals surface area (Å²) in [4.78, 5) is 26.5. The molecular formula is C32H33F3N2O6. The first-order valence-electron chi connectivity index (χ1n) is 13.9. The molecule has 8 nitrogen and oxygen atoms in total. The number of carbonyl (C=O) groups excluding carboxylic acids is 2. The zero-order chi connectivity index (χ0) is 30.8. The second-order valence-electron chi connectivity index (χ2n) is 11.5. The van der Waals surface area contributed by atoms with Crippen molar-refractivity contribution in [2.24, 2.45) is 0 Å². The highest BCUT2D eigenvalue weighted by molar-refractivity contribution is 5.92. The van der Waals surface area contributed by atoms with Gasteiger partial charge in [-0.25, -0.2) is 4.79 Å². The maximum atomic E-state index is 13.2. The number of likely N-dealkylation sites (tertiary alicyclic amines) is 1. The first-order valence-corrected chi connectivity index (χ1v) is 13.9. The standard InChI is InChI=1S/C32H33F3N2O6/c1-30(2,3)43-29(39)37-15-13-31(14-16-37)41-19-23-17-22(11-12-27(23)42-31)21-7-6-8-24(18-21)40-20-28(38)36-26-10-5-4-9-25(26)32(33,34)35/h4-12,17-18H,13-16,19-20H2,1-3H3,(H,36,38). The molecule has 2 amide bonds. The van der Waals surface area contributed by atoms with E-state index in [0.29, 0.717) is 44.0 Å². The number of para-hydroxylation sites is 1. The van der Waals surface area contributed by atoms with Gasteiger partial charge in [-0.1, -0.05) is 30.3 Å². The second-order valence-corrected chi connectivity index (χ2v) is 11.5. The predicted octanol–water partition coefficient (Wildman–Crippen LogP) is 7.03. The van der Waals surface area contributed by atoms with E-state index in [2.05, 4.69) is 5.32 Å². The van der Waals surface area contributed by atoms with Gasteiger partial charge in [-0.2, -0.15) is 13.2 Å². The number of hydrogen-bond acceptors (Lipinski definition) is 6. The van der Waals surface area contributed by atoms with Crippen molar-refractivity contribution in [3.63, 3.8) is 0 Å². The summed E-state index contributed by atoms with van der Waals surface area (Å²) < 4.78 is 63.2. The minimum atomic E-state index is -4.59. The largest absolute Gasteiger partial charge is 0.484 e. The topological polar surface area (TPSA) is 86.3 Å². The molecule has 0 bridgehead atoms. The third-order valence-corrected chi connectivity index (χ3v) is 7.07. The number of ether oxygens (including phenoxy) is 4. The van der Waals surface area contributed by atoms with Crippen LogP contribution in [0.25, 0.3) is 11.1 Å². The van der Waals surface area contributed by atoms with Crippen LogP contribution in [0.5, 0.6) is 11.5 Å². The summed E-state index contributed by atoms with van der Waals surface area (Å²) >= 11 is 0. The highest BCUT2D eigenvalue weighted by Crippen LogP contribution is 2.40. The Hall–Kier alpha value is -4.25. The van der Waals surface area contributed by atoms with Crippen LogP contribution in [0.3, 0.4) is 0 Å². The van der Waals surface area contributed by atoms with Crippen LogP contribution in [-0.2, 0) is 27.1 Å². The summed E-state index contributed by atoms with van der Waals surface area (Å²) in [6.45, 7) is 6.30. The number of halogens is 3. The quantitative estimate of drug-likeness (QED) is 0.340. The van der Waals surface area contributed by atoms with Crippen LogP contribution in [0.15, 0.2) is 66.7 Å². The highest BCUT2D eigenvalue weighted by atomic mass is 19.4. The molecule has 5 rings (SSSR count). The number of nitrogens with zero attached hydrogens (tertiary/aromatic N) is 1. The number of piperidine rings is 1. The lowest BCUT2D eigenvalue weighted by atomic mass is 9.99. The minimum Gasteiger partial charge on any atom is -0.484 e. The molecule has 228 valence electrons. The van der Waals surface area contributed by atoms with Crippen LogP contribution in [0.4, 0.5) is 23.7 Å². The third-order valence-electron chi connectivity index (χ3n) is 7.07. The molecule has 1 saturated heterocycles. The van der Waals surface area contributed by atoms with Gasteiger partial charge in [0.15, 0.2) is 6.61 Å². The summed E-state index contributed by atoms with van der Waals surface area (Å²) in [5, 5.41) is 2.27. The summed E-state index contributed by atoms with van der Waals surface area (Å²) in [5.41, 5.74) is 0.735. The minimum absolute atomic E-state index is 0.328. The Morgan fingerprint density at radius 1 is 0.953 bits per heavy atom. The summed E-state index contributed by atoms with van der Waals surface area (Å²) in [6.07, 6.45) is -3.91. The lowest BCUT2D eigenvalue weighted by Gasteiger charge is -2.44. The Bertz CT molecular complexity index is 1490. The first-order chi connectivity index (χ1) is 20.3. The number of nitrogens with one attached hydrogen (secondary N) is 1. The molecule has 1 spiro atoms. The molecule has 0 unspecified atom stereocenters. The van der Waals surface area contributed by atoms with Crippen LogP contribution in [0, 0.1) is 0 Å². The number of carbonyl (C=O) groups is 2. The van der Waals surface area contributed by atoms with E-state index in [1.54, 1.807) is 23.1 Å². The SMILES string of the molecule is CC(C)(C)OC(=O)N1CCC2(CC1)OCc1cc(-c3cccc(OCC(=O)Nc4ccccc4C(F)(F)F)c3)ccc1O2. The van der Waals surface area contributed by atoms with Crippen molar-refractivity contribution in [1.82, 2.24) is 4.90 Å². The fourth-order valence-corrected chi connectivity index (χ4v) is 4.95. The number of benzene rings is 3. The van der Waals surface area contributed by atoms with Crippen LogP contribution in [-0.4, -0.2) is 48.0 Å². The van der Waals surface area contributed by atoms with E-state index in [-0.39, 0.29) is 11.8 Å². The molecule has 0 radical (unpaired) electrons. The second kappa shape index (κ2) is 11.8. The molecule has 2 aliphatic rings. The van der Waals surface area contributed by atoms with E-state index in [9.17, 15) is 22.8 Å². The maximum absolute atomic E-state index is 13.2. The average molecular weight is 599 g/mol. The molecule has 2 heterocycles. The zero-order valence-electron chi connectivity index (χ0n) is 24.1. The van der Waals surface area contributed by atoms with Crippen molar-refractivity contribution in [3.8, 4) is 22.6 Å². The van der Waals surface area contributed by atoms with E-state index in [1.807, 2.05) is 45.0 Å². The van der Waals surface area contributed by atoms with Crippen LogP contribution in [0.2, 0.25) is 0 Å². The molecule has 0 aromatic heterocycles. The molecule has 1 N–H and O–H groups in total. The Balaban J connectivity index is 1.19. The molecule has 1 fully saturated rings. The Morgan fingerprint density at radius 3 is 2.40 bits per heavy atom. The van der Waals surface area contributed by atoms with Crippen molar-refractivity contribution in [2.45, 2.75) is 57.8 Å². The fourth-order valence-electron chi connectivity index (χ4n) is 4.95. The molecule has 3 aromatic rings. The third kappa shape index (κ3) is 7.40. The van der Waals surface area contributed by atoms with Crippen molar-refractivity contribution in [2.75, 3.05) is 25.0 Å². The lowest BCUT2D eigenvalue weighted by Crippen LogP contribution is -2.53. The van der Waals surface area contributed by atoms with E-state index < -0.39 is 35.6 Å². The van der Waals surface area contributed by atoms with Crippen LogP contribution >= 0.6 is 0 Å². The van der Waals surface area contributed by atoms with Gasteiger partial charge in [-0.05, 0) is 68.3 Å². The number of rotatable bonds is 5. The molecule has 43 heavy (non-hydrogen) atoms. The number of anilines is 1. The molecular weight excluding hydrogens is 565 g/mol. The Morgan fingerprint density at radius 2 is 1.67 bits per heavy atom. The summed E-state index contributed by atoms with van der Waals surface area (Å²) in [7, 11) is 0. The smallest absolute Gasteiger partial charge is 0.418 e. The van der Waals surface area contributed by atoms with Gasteiger partial charge in [0.05, 0.1) is 17.9 Å². The fraction of sp³-hybridized carbons (Fsp3) is 0.375. The lowest BCUT2D eigenvalue weighted by molar-refractivity contribution is -0.226. The van der Waals surface area contributed by atoms with Crippen molar-refractivity contribution >= 4 is 17.7 Å². The van der Waals surface area contributed by atoms with E-state index in [0.717, 1.165) is 22.8 Å². The van der Waals surface area contributed by atoms with Gasteiger partial charge in [0.1, 0.15) is 17.1 Å². The van der Waals surface area contributed by atoms with Gasteiger partial charge < -0.3 is 29.2 Å². The monoisotopic (exact) mass is 598 g/mol. The first kappa shape index (κ1) is 30.2. The zero-order valence-corrected chi connectivity index (χ0v) is 24.1. The van der Waals surface area contributed by atoms with Crippen molar-refractivity contribution in [1.29, 1.82) is 0 Å². The highest BCUT2D eigenvalue weighted by Gasteiger charge is 2.42. The number of alkyl halides is 3. The van der Waals surface area contributed by atoms with Crippen molar-refractivity contribution in [3.05, 3.63) is 77.9 Å². The summed E-state index contributed by atoms with van der Waals surface area (Å²) in [5.74, 6) is -0.417. The normalized spacial score (nSPS) is 16.2. The van der Waals surface area contributed by atoms with Gasteiger partial charge in [0, 0.05) is 31.5 Å². The predicted molar refractivity (Wildman–Crippen MR) is 153 cm³/mol. The molecule has 3 aromatic carbocycles. The van der Waals surface area contributed by atoms with Gasteiger partial charge in [0.25, 0.3) is 5.91 Å².